The molecule has 21 heavy (non-hydrogen) atoms. The summed E-state index contributed by atoms with van der Waals surface area (Å²) >= 11 is 0. The van der Waals surface area contributed by atoms with Crippen molar-refractivity contribution in [1.82, 2.24) is 9.78 Å². The third kappa shape index (κ3) is 3.72. The van der Waals surface area contributed by atoms with Crippen molar-refractivity contribution in [3.63, 3.8) is 0 Å². The van der Waals surface area contributed by atoms with E-state index in [9.17, 15) is 4.79 Å². The molecular formula is C17H22N2O2. The molecule has 0 aliphatic rings. The van der Waals surface area contributed by atoms with Gasteiger partial charge in [-0.05, 0) is 38.0 Å². The molecule has 0 amide bonds. The van der Waals surface area contributed by atoms with E-state index in [1.807, 2.05) is 49.8 Å². The predicted molar refractivity (Wildman–Crippen MR) is 82.7 cm³/mol. The van der Waals surface area contributed by atoms with Crippen molar-refractivity contribution in [3.05, 3.63) is 46.8 Å². The van der Waals surface area contributed by atoms with E-state index >= 15 is 0 Å². The first-order valence-corrected chi connectivity index (χ1v) is 7.15. The van der Waals surface area contributed by atoms with Crippen molar-refractivity contribution in [3.8, 4) is 5.75 Å². The number of hydrogen-bond acceptors (Lipinski definition) is 3. The zero-order valence-electron chi connectivity index (χ0n) is 13.1. The average molecular weight is 286 g/mol. The van der Waals surface area contributed by atoms with E-state index in [1.165, 1.54) is 0 Å². The van der Waals surface area contributed by atoms with Crippen molar-refractivity contribution < 1.29 is 9.53 Å². The SMILES string of the molecule is COc1ccc(CCC(=O)Cc2c(C)nn(C)c2C)cc1. The minimum Gasteiger partial charge on any atom is -0.497 e. The van der Waals surface area contributed by atoms with E-state index in [0.29, 0.717) is 12.8 Å². The number of benzene rings is 1. The van der Waals surface area contributed by atoms with E-state index < -0.39 is 0 Å². The number of ketones is 1. The Bertz CT molecular complexity index is 627. The number of hydrogen-bond donors (Lipinski definition) is 0. The van der Waals surface area contributed by atoms with Crippen LogP contribution in [-0.4, -0.2) is 22.7 Å². The van der Waals surface area contributed by atoms with Crippen LogP contribution in [0.25, 0.3) is 0 Å². The van der Waals surface area contributed by atoms with E-state index in [0.717, 1.165) is 34.7 Å². The monoisotopic (exact) mass is 286 g/mol. The second-order valence-electron chi connectivity index (χ2n) is 5.34. The highest BCUT2D eigenvalue weighted by molar-refractivity contribution is 5.81. The maximum atomic E-state index is 12.2. The summed E-state index contributed by atoms with van der Waals surface area (Å²) in [5, 5.41) is 4.35. The van der Waals surface area contributed by atoms with Gasteiger partial charge >= 0.3 is 0 Å². The predicted octanol–water partition coefficient (Wildman–Crippen LogP) is 2.79. The zero-order valence-corrected chi connectivity index (χ0v) is 13.1. The molecule has 1 aromatic heterocycles. The Labute approximate surface area is 125 Å². The summed E-state index contributed by atoms with van der Waals surface area (Å²) in [7, 11) is 3.56. The molecule has 0 saturated carbocycles. The minimum atomic E-state index is 0.255. The molecule has 2 rings (SSSR count). The first-order chi connectivity index (χ1) is 10.0. The molecule has 0 spiro atoms. The fraction of sp³-hybridized carbons (Fsp3) is 0.412. The zero-order chi connectivity index (χ0) is 15.4. The van der Waals surface area contributed by atoms with Crippen LogP contribution in [0.3, 0.4) is 0 Å². The molecule has 0 bridgehead atoms. The molecule has 112 valence electrons. The van der Waals surface area contributed by atoms with E-state index in [-0.39, 0.29) is 5.78 Å². The maximum Gasteiger partial charge on any atom is 0.137 e. The lowest BCUT2D eigenvalue weighted by Gasteiger charge is -2.04. The van der Waals surface area contributed by atoms with Crippen molar-refractivity contribution in [2.45, 2.75) is 33.1 Å². The van der Waals surface area contributed by atoms with Gasteiger partial charge in [0.25, 0.3) is 0 Å². The lowest BCUT2D eigenvalue weighted by Crippen LogP contribution is -2.06. The third-order valence-electron chi connectivity index (χ3n) is 3.88. The summed E-state index contributed by atoms with van der Waals surface area (Å²) in [6.07, 6.45) is 1.79. The molecule has 1 heterocycles. The normalized spacial score (nSPS) is 10.7. The fourth-order valence-corrected chi connectivity index (χ4v) is 2.43. The lowest BCUT2D eigenvalue weighted by molar-refractivity contribution is -0.118. The number of ether oxygens (including phenoxy) is 1. The first kappa shape index (κ1) is 15.3. The molecule has 2 aromatic rings. The molecule has 0 radical (unpaired) electrons. The van der Waals surface area contributed by atoms with Crippen molar-refractivity contribution in [2.75, 3.05) is 7.11 Å². The standard InChI is InChI=1S/C17H22N2O2/c1-12-17(13(2)19(3)18-12)11-15(20)8-5-14-6-9-16(21-4)10-7-14/h6-7,9-10H,5,8,11H2,1-4H3. The van der Waals surface area contributed by atoms with Crippen LogP contribution in [0.1, 0.15) is 28.9 Å². The summed E-state index contributed by atoms with van der Waals surface area (Å²) in [6, 6.07) is 7.86. The molecule has 0 N–H and O–H groups in total. The van der Waals surface area contributed by atoms with Crippen molar-refractivity contribution in [2.24, 2.45) is 7.05 Å². The van der Waals surface area contributed by atoms with Gasteiger partial charge in [-0.3, -0.25) is 9.48 Å². The number of rotatable bonds is 6. The van der Waals surface area contributed by atoms with Gasteiger partial charge in [-0.2, -0.15) is 5.10 Å². The van der Waals surface area contributed by atoms with E-state index in [1.54, 1.807) is 7.11 Å². The smallest absolute Gasteiger partial charge is 0.137 e. The highest BCUT2D eigenvalue weighted by Gasteiger charge is 2.13. The fourth-order valence-electron chi connectivity index (χ4n) is 2.43. The largest absolute Gasteiger partial charge is 0.497 e. The van der Waals surface area contributed by atoms with Gasteiger partial charge in [0.1, 0.15) is 11.5 Å². The topological polar surface area (TPSA) is 44.1 Å². The first-order valence-electron chi connectivity index (χ1n) is 7.15. The number of Topliss-reactive ketones (excluding diaryl/α,β-unsaturated/α-hetero) is 1. The molecule has 4 heteroatoms. The molecule has 0 unspecified atom stereocenters. The van der Waals surface area contributed by atoms with Gasteiger partial charge in [-0.1, -0.05) is 12.1 Å². The van der Waals surface area contributed by atoms with Crippen molar-refractivity contribution in [1.29, 1.82) is 0 Å². The Balaban J connectivity index is 1.92. The van der Waals surface area contributed by atoms with Crippen LogP contribution in [0.4, 0.5) is 0 Å². The van der Waals surface area contributed by atoms with Gasteiger partial charge in [0.05, 0.1) is 12.8 Å². The van der Waals surface area contributed by atoms with Crippen LogP contribution in [0.2, 0.25) is 0 Å². The lowest BCUT2D eigenvalue weighted by atomic mass is 10.0. The van der Waals surface area contributed by atoms with Crippen LogP contribution in [0.5, 0.6) is 5.75 Å². The summed E-state index contributed by atoms with van der Waals surface area (Å²) < 4.78 is 6.96. The number of aryl methyl sites for hydroxylation is 3. The highest BCUT2D eigenvalue weighted by atomic mass is 16.5. The van der Waals surface area contributed by atoms with Crippen molar-refractivity contribution >= 4 is 5.78 Å². The van der Waals surface area contributed by atoms with Crippen LogP contribution in [-0.2, 0) is 24.7 Å². The second-order valence-corrected chi connectivity index (χ2v) is 5.34. The van der Waals surface area contributed by atoms with Crippen LogP contribution in [0, 0.1) is 13.8 Å². The van der Waals surface area contributed by atoms with E-state index in [2.05, 4.69) is 5.10 Å². The number of nitrogens with zero attached hydrogens (tertiary/aromatic N) is 2. The Morgan fingerprint density at radius 2 is 1.90 bits per heavy atom. The molecule has 4 nitrogen and oxygen atoms in total. The summed E-state index contributed by atoms with van der Waals surface area (Å²) in [5.74, 6) is 1.09. The van der Waals surface area contributed by atoms with Gasteiger partial charge in [0.15, 0.2) is 0 Å². The number of aromatic nitrogens is 2. The van der Waals surface area contributed by atoms with Crippen LogP contribution >= 0.6 is 0 Å². The van der Waals surface area contributed by atoms with Gasteiger partial charge in [-0.25, -0.2) is 0 Å². The Morgan fingerprint density at radius 3 is 2.43 bits per heavy atom. The molecule has 0 fully saturated rings. The molecule has 1 aromatic carbocycles. The number of carbonyl (C=O) groups excluding carboxylic acids is 1. The number of carbonyl (C=O) groups is 1. The second kappa shape index (κ2) is 6.57. The highest BCUT2D eigenvalue weighted by Crippen LogP contribution is 2.16. The Morgan fingerprint density at radius 1 is 1.24 bits per heavy atom. The summed E-state index contributed by atoms with van der Waals surface area (Å²) in [4.78, 5) is 12.2. The van der Waals surface area contributed by atoms with Gasteiger partial charge in [0, 0.05) is 31.1 Å². The van der Waals surface area contributed by atoms with Crippen LogP contribution in [0.15, 0.2) is 24.3 Å². The van der Waals surface area contributed by atoms with Gasteiger partial charge in [0.2, 0.25) is 0 Å². The summed E-state index contributed by atoms with van der Waals surface area (Å²) in [5.41, 5.74) is 4.25. The summed E-state index contributed by atoms with van der Waals surface area (Å²) in [6.45, 7) is 3.96. The van der Waals surface area contributed by atoms with Crippen LogP contribution < -0.4 is 4.74 Å². The average Bonchev–Trinajstić information content (AvgIpc) is 2.72. The molecule has 0 aliphatic heterocycles. The maximum absolute atomic E-state index is 12.2. The third-order valence-corrected chi connectivity index (χ3v) is 3.88. The molecule has 0 atom stereocenters. The quantitative estimate of drug-likeness (QED) is 0.820. The van der Waals surface area contributed by atoms with Gasteiger partial charge in [-0.15, -0.1) is 0 Å². The minimum absolute atomic E-state index is 0.255. The van der Waals surface area contributed by atoms with E-state index in [4.69, 9.17) is 4.74 Å². The number of methoxy groups -OCH3 is 1. The Hall–Kier alpha value is -2.10. The molecule has 0 saturated heterocycles. The van der Waals surface area contributed by atoms with Gasteiger partial charge < -0.3 is 4.74 Å². The molecule has 0 aliphatic carbocycles. The molecular weight excluding hydrogens is 264 g/mol. The Kier molecular flexibility index (Phi) is 4.78.